The molecule has 3 rings (SSSR count). The van der Waals surface area contributed by atoms with E-state index in [-0.39, 0.29) is 23.0 Å². The number of ether oxygens (including phenoxy) is 1. The summed E-state index contributed by atoms with van der Waals surface area (Å²) < 4.78 is 5.61. The molecular formula is C19H19N5O2S. The van der Waals surface area contributed by atoms with Crippen LogP contribution in [0.1, 0.15) is 35.0 Å². The van der Waals surface area contributed by atoms with E-state index in [4.69, 9.17) is 21.5 Å². The predicted octanol–water partition coefficient (Wildman–Crippen LogP) is 3.76. The van der Waals surface area contributed by atoms with Gasteiger partial charge in [0.05, 0.1) is 17.9 Å². The monoisotopic (exact) mass is 381 g/mol. The van der Waals surface area contributed by atoms with Crippen LogP contribution in [0.15, 0.2) is 30.3 Å². The number of hydrogen-bond acceptors (Lipinski definition) is 7. The number of nitriles is 1. The molecule has 0 bridgehead atoms. The maximum Gasteiger partial charge on any atom is 0.267 e. The third-order valence-electron chi connectivity index (χ3n) is 3.96. The van der Waals surface area contributed by atoms with E-state index < -0.39 is 0 Å². The van der Waals surface area contributed by atoms with Gasteiger partial charge in [0.1, 0.15) is 27.3 Å². The molecule has 8 heteroatoms. The molecule has 0 fully saturated rings. The number of nitrogens with two attached hydrogens (primary N) is 2. The molecular weight excluding hydrogens is 362 g/mol. The van der Waals surface area contributed by atoms with E-state index in [1.165, 1.54) is 0 Å². The van der Waals surface area contributed by atoms with E-state index in [9.17, 15) is 4.79 Å². The van der Waals surface area contributed by atoms with Crippen molar-refractivity contribution in [1.29, 1.82) is 5.26 Å². The molecule has 0 aliphatic heterocycles. The number of rotatable bonds is 6. The number of nitrogens with zero attached hydrogens (tertiary/aromatic N) is 2. The Bertz CT molecular complexity index is 1020. The van der Waals surface area contributed by atoms with Gasteiger partial charge in [-0.05, 0) is 36.8 Å². The average molecular weight is 381 g/mol. The highest BCUT2D eigenvalue weighted by Gasteiger charge is 2.19. The molecule has 138 valence electrons. The average Bonchev–Trinajstić information content (AvgIpc) is 2.98. The molecule has 0 saturated heterocycles. The summed E-state index contributed by atoms with van der Waals surface area (Å²) in [6.07, 6.45) is 2.07. The molecule has 0 spiro atoms. The SMILES string of the molecule is CCCCOc1ccc(NC(=O)c2sc3nc(N)c(C#N)cc3c2N)cc1. The highest BCUT2D eigenvalue weighted by Crippen LogP contribution is 2.34. The second-order valence-electron chi connectivity index (χ2n) is 5.91. The van der Waals surface area contributed by atoms with Crippen LogP contribution in [-0.4, -0.2) is 17.5 Å². The topological polar surface area (TPSA) is 127 Å². The van der Waals surface area contributed by atoms with Crippen LogP contribution in [0.3, 0.4) is 0 Å². The maximum absolute atomic E-state index is 12.6. The number of aromatic nitrogens is 1. The molecule has 3 aromatic rings. The van der Waals surface area contributed by atoms with Crippen LogP contribution in [0.2, 0.25) is 0 Å². The standard InChI is InChI=1S/C19H19N5O2S/c1-2-3-8-26-13-6-4-12(5-7-13)23-18(25)16-15(21)14-9-11(10-20)17(22)24-19(14)27-16/h4-7,9H,2-3,8,21H2,1H3,(H2,22,24)(H,23,25). The Hall–Kier alpha value is -3.31. The van der Waals surface area contributed by atoms with Crippen LogP contribution in [0.4, 0.5) is 17.2 Å². The molecule has 1 aromatic carbocycles. The van der Waals surface area contributed by atoms with E-state index in [0.29, 0.717) is 27.4 Å². The fraction of sp³-hybridized carbons (Fsp3) is 0.211. The third-order valence-corrected chi connectivity index (χ3v) is 5.07. The largest absolute Gasteiger partial charge is 0.494 e. The number of thiophene rings is 1. The fourth-order valence-corrected chi connectivity index (χ4v) is 3.45. The van der Waals surface area contributed by atoms with Gasteiger partial charge in [0.2, 0.25) is 0 Å². The normalized spacial score (nSPS) is 10.5. The van der Waals surface area contributed by atoms with Crippen molar-refractivity contribution in [1.82, 2.24) is 4.98 Å². The number of carbonyl (C=O) groups excluding carboxylic acids is 1. The van der Waals surface area contributed by atoms with Gasteiger partial charge in [-0.2, -0.15) is 5.26 Å². The first-order valence-electron chi connectivity index (χ1n) is 8.46. The number of hydrogen-bond donors (Lipinski definition) is 3. The van der Waals surface area contributed by atoms with Crippen molar-refractivity contribution in [3.8, 4) is 11.8 Å². The number of carbonyl (C=O) groups is 1. The van der Waals surface area contributed by atoms with Crippen molar-refractivity contribution >= 4 is 44.7 Å². The highest BCUT2D eigenvalue weighted by molar-refractivity contribution is 7.21. The highest BCUT2D eigenvalue weighted by atomic mass is 32.1. The van der Waals surface area contributed by atoms with E-state index in [2.05, 4.69) is 17.2 Å². The molecule has 0 aliphatic rings. The Morgan fingerprint density at radius 2 is 2.07 bits per heavy atom. The van der Waals surface area contributed by atoms with Crippen LogP contribution in [-0.2, 0) is 0 Å². The molecule has 0 aliphatic carbocycles. The quantitative estimate of drug-likeness (QED) is 0.558. The van der Waals surface area contributed by atoms with Gasteiger partial charge >= 0.3 is 0 Å². The number of nitrogen functional groups attached to an aromatic ring is 2. The summed E-state index contributed by atoms with van der Waals surface area (Å²) in [6.45, 7) is 2.77. The van der Waals surface area contributed by atoms with Gasteiger partial charge in [-0.25, -0.2) is 4.98 Å². The minimum atomic E-state index is -0.341. The summed E-state index contributed by atoms with van der Waals surface area (Å²) >= 11 is 1.14. The Morgan fingerprint density at radius 1 is 1.33 bits per heavy atom. The number of unbranched alkanes of at least 4 members (excludes halogenated alkanes) is 1. The summed E-state index contributed by atoms with van der Waals surface area (Å²) in [5, 5.41) is 12.4. The lowest BCUT2D eigenvalue weighted by molar-refractivity contribution is 0.103. The lowest BCUT2D eigenvalue weighted by atomic mass is 10.2. The third kappa shape index (κ3) is 3.93. The maximum atomic E-state index is 12.6. The first-order valence-corrected chi connectivity index (χ1v) is 9.28. The van der Waals surface area contributed by atoms with E-state index in [1.54, 1.807) is 30.3 Å². The molecule has 0 radical (unpaired) electrons. The summed E-state index contributed by atoms with van der Waals surface area (Å²) in [6, 6.07) is 10.7. The Morgan fingerprint density at radius 3 is 2.74 bits per heavy atom. The van der Waals surface area contributed by atoms with Crippen molar-refractivity contribution in [2.75, 3.05) is 23.4 Å². The van der Waals surface area contributed by atoms with Crippen LogP contribution in [0, 0.1) is 11.3 Å². The number of anilines is 3. The number of benzene rings is 1. The van der Waals surface area contributed by atoms with Gasteiger partial charge < -0.3 is 21.5 Å². The fourth-order valence-electron chi connectivity index (χ4n) is 2.47. The van der Waals surface area contributed by atoms with Crippen molar-refractivity contribution in [2.45, 2.75) is 19.8 Å². The van der Waals surface area contributed by atoms with Gasteiger partial charge in [0.25, 0.3) is 5.91 Å². The molecule has 27 heavy (non-hydrogen) atoms. The van der Waals surface area contributed by atoms with Crippen molar-refractivity contribution in [2.24, 2.45) is 0 Å². The van der Waals surface area contributed by atoms with Gasteiger partial charge in [0, 0.05) is 11.1 Å². The van der Waals surface area contributed by atoms with Crippen molar-refractivity contribution in [3.05, 3.63) is 40.8 Å². The molecule has 1 amide bonds. The first-order chi connectivity index (χ1) is 13.0. The van der Waals surface area contributed by atoms with Gasteiger partial charge in [-0.3, -0.25) is 4.79 Å². The molecule has 2 heterocycles. The Kier molecular flexibility index (Phi) is 5.43. The van der Waals surface area contributed by atoms with E-state index >= 15 is 0 Å². The van der Waals surface area contributed by atoms with E-state index in [0.717, 1.165) is 29.9 Å². The summed E-state index contributed by atoms with van der Waals surface area (Å²) in [4.78, 5) is 17.6. The number of fused-ring (bicyclic) bond motifs is 1. The Balaban J connectivity index is 1.78. The summed E-state index contributed by atoms with van der Waals surface area (Å²) in [7, 11) is 0. The second kappa shape index (κ2) is 7.93. The molecule has 0 unspecified atom stereocenters. The minimum absolute atomic E-state index is 0.122. The Labute approximate surface area is 160 Å². The molecule has 2 aromatic heterocycles. The zero-order valence-corrected chi connectivity index (χ0v) is 15.6. The number of nitrogens with one attached hydrogen (secondary N) is 1. The van der Waals surface area contributed by atoms with Gasteiger partial charge in [0.15, 0.2) is 0 Å². The smallest absolute Gasteiger partial charge is 0.267 e. The minimum Gasteiger partial charge on any atom is -0.494 e. The zero-order chi connectivity index (χ0) is 19.4. The van der Waals surface area contributed by atoms with Crippen LogP contribution in [0.5, 0.6) is 5.75 Å². The van der Waals surface area contributed by atoms with Gasteiger partial charge in [-0.15, -0.1) is 11.3 Å². The van der Waals surface area contributed by atoms with E-state index in [1.807, 2.05) is 6.07 Å². The first kappa shape index (κ1) is 18.5. The number of pyridine rings is 1. The van der Waals surface area contributed by atoms with Crippen molar-refractivity contribution in [3.63, 3.8) is 0 Å². The molecule has 0 saturated carbocycles. The lowest BCUT2D eigenvalue weighted by Gasteiger charge is -2.07. The van der Waals surface area contributed by atoms with Gasteiger partial charge in [-0.1, -0.05) is 13.3 Å². The molecule has 0 atom stereocenters. The molecule has 5 N–H and O–H groups in total. The zero-order valence-electron chi connectivity index (χ0n) is 14.8. The summed E-state index contributed by atoms with van der Waals surface area (Å²) in [5.74, 6) is 0.538. The molecule has 7 nitrogen and oxygen atoms in total. The van der Waals surface area contributed by atoms with Crippen LogP contribution in [0.25, 0.3) is 10.2 Å². The summed E-state index contributed by atoms with van der Waals surface area (Å²) in [5.41, 5.74) is 13.0. The van der Waals surface area contributed by atoms with Crippen LogP contribution < -0.4 is 21.5 Å². The van der Waals surface area contributed by atoms with Crippen LogP contribution >= 0.6 is 11.3 Å². The lowest BCUT2D eigenvalue weighted by Crippen LogP contribution is -2.11. The van der Waals surface area contributed by atoms with Crippen molar-refractivity contribution < 1.29 is 9.53 Å². The second-order valence-corrected chi connectivity index (χ2v) is 6.91. The predicted molar refractivity (Wildman–Crippen MR) is 108 cm³/mol. The number of amides is 1.